The molecule has 1 saturated carbocycles. The van der Waals surface area contributed by atoms with E-state index >= 15 is 0 Å². The number of amides is 2. The summed E-state index contributed by atoms with van der Waals surface area (Å²) in [4.78, 5) is 18.7. The van der Waals surface area contributed by atoms with Crippen molar-refractivity contribution in [1.29, 1.82) is 0 Å². The third-order valence-corrected chi connectivity index (χ3v) is 5.32. The van der Waals surface area contributed by atoms with Gasteiger partial charge in [-0.05, 0) is 39.5 Å². The van der Waals surface area contributed by atoms with Crippen molar-refractivity contribution in [3.8, 4) is 0 Å². The van der Waals surface area contributed by atoms with Gasteiger partial charge in [0.1, 0.15) is 6.04 Å². The maximum Gasteiger partial charge on any atom is 0.318 e. The lowest BCUT2D eigenvalue weighted by atomic mass is 9.94. The Morgan fingerprint density at radius 3 is 2.75 bits per heavy atom. The zero-order valence-corrected chi connectivity index (χ0v) is 14.6. The minimum Gasteiger partial charge on any atom is -0.393 e. The van der Waals surface area contributed by atoms with Gasteiger partial charge in [-0.2, -0.15) is 4.98 Å². The first kappa shape index (κ1) is 17.2. The highest BCUT2D eigenvalue weighted by Gasteiger charge is 2.29. The van der Waals surface area contributed by atoms with Crippen LogP contribution in [0.15, 0.2) is 4.52 Å². The van der Waals surface area contributed by atoms with E-state index in [4.69, 9.17) is 4.52 Å². The van der Waals surface area contributed by atoms with E-state index in [2.05, 4.69) is 15.5 Å². The third kappa shape index (κ3) is 3.88. The smallest absolute Gasteiger partial charge is 0.318 e. The lowest BCUT2D eigenvalue weighted by molar-refractivity contribution is 0.0731. The fourth-order valence-electron chi connectivity index (χ4n) is 3.70. The van der Waals surface area contributed by atoms with Gasteiger partial charge in [0.05, 0.1) is 6.10 Å². The third-order valence-electron chi connectivity index (χ3n) is 5.32. The number of nitrogens with one attached hydrogen (secondary N) is 1. The average Bonchev–Trinajstić information content (AvgIpc) is 3.26. The molecule has 1 aromatic heterocycles. The van der Waals surface area contributed by atoms with E-state index in [1.165, 1.54) is 12.8 Å². The number of likely N-dealkylation sites (tertiary alicyclic amines) is 1. The van der Waals surface area contributed by atoms with Gasteiger partial charge < -0.3 is 19.8 Å². The highest BCUT2D eigenvalue weighted by atomic mass is 16.5. The van der Waals surface area contributed by atoms with Crippen LogP contribution in [0, 0.1) is 5.92 Å². The molecule has 2 amide bonds. The van der Waals surface area contributed by atoms with E-state index in [0.717, 1.165) is 38.1 Å². The standard InChI is InChI=1S/C17H28N4O3/c1-11(16-19-15(20-24-16)13-6-3-4-7-13)18-17(23)21-9-5-8-14(10-21)12(2)22/h11-14,22H,3-10H2,1-2H3,(H,18,23). The molecule has 1 aromatic rings. The molecule has 7 nitrogen and oxygen atoms in total. The van der Waals surface area contributed by atoms with Gasteiger partial charge in [-0.25, -0.2) is 4.79 Å². The number of aliphatic hydroxyl groups is 1. The minimum atomic E-state index is -0.386. The van der Waals surface area contributed by atoms with Crippen molar-refractivity contribution in [3.63, 3.8) is 0 Å². The van der Waals surface area contributed by atoms with Gasteiger partial charge in [-0.15, -0.1) is 0 Å². The van der Waals surface area contributed by atoms with Gasteiger partial charge in [0.25, 0.3) is 0 Å². The molecule has 2 N–H and O–H groups in total. The van der Waals surface area contributed by atoms with Crippen LogP contribution in [0.25, 0.3) is 0 Å². The van der Waals surface area contributed by atoms with Gasteiger partial charge in [0.2, 0.25) is 5.89 Å². The summed E-state index contributed by atoms with van der Waals surface area (Å²) in [6.07, 6.45) is 6.18. The SMILES string of the molecule is CC(NC(=O)N1CCCC(C(C)O)C1)c1nc(C2CCCC2)no1. The van der Waals surface area contributed by atoms with Crippen LogP contribution in [-0.4, -0.2) is 45.4 Å². The number of urea groups is 1. The number of aromatic nitrogens is 2. The predicted octanol–water partition coefficient (Wildman–Crippen LogP) is 2.59. The molecule has 7 heteroatoms. The lowest BCUT2D eigenvalue weighted by Gasteiger charge is -2.34. The Morgan fingerprint density at radius 2 is 2.04 bits per heavy atom. The molecule has 0 spiro atoms. The van der Waals surface area contributed by atoms with Crippen molar-refractivity contribution in [2.24, 2.45) is 5.92 Å². The second-order valence-corrected chi connectivity index (χ2v) is 7.23. The van der Waals surface area contributed by atoms with Gasteiger partial charge in [0.15, 0.2) is 5.82 Å². The Bertz CT molecular complexity index is 554. The summed E-state index contributed by atoms with van der Waals surface area (Å²) in [6, 6.07) is -0.444. The van der Waals surface area contributed by atoms with Crippen LogP contribution in [0.1, 0.15) is 76.0 Å². The molecule has 0 radical (unpaired) electrons. The molecule has 2 aliphatic rings. The van der Waals surface area contributed by atoms with Crippen molar-refractivity contribution in [2.45, 2.75) is 70.4 Å². The van der Waals surface area contributed by atoms with Crippen LogP contribution in [0.4, 0.5) is 4.79 Å². The molecule has 0 bridgehead atoms. The van der Waals surface area contributed by atoms with E-state index in [9.17, 15) is 9.90 Å². The molecule has 0 aromatic carbocycles. The number of aliphatic hydroxyl groups excluding tert-OH is 1. The number of hydrogen-bond donors (Lipinski definition) is 2. The maximum absolute atomic E-state index is 12.5. The molecular weight excluding hydrogens is 308 g/mol. The Morgan fingerprint density at radius 1 is 1.29 bits per heavy atom. The largest absolute Gasteiger partial charge is 0.393 e. The van der Waals surface area contributed by atoms with Crippen LogP contribution >= 0.6 is 0 Å². The molecule has 3 rings (SSSR count). The Labute approximate surface area is 142 Å². The van der Waals surface area contributed by atoms with E-state index in [-0.39, 0.29) is 24.1 Å². The van der Waals surface area contributed by atoms with E-state index < -0.39 is 0 Å². The van der Waals surface area contributed by atoms with Crippen molar-refractivity contribution in [1.82, 2.24) is 20.4 Å². The lowest BCUT2D eigenvalue weighted by Crippen LogP contribution is -2.48. The van der Waals surface area contributed by atoms with Crippen LogP contribution in [0.5, 0.6) is 0 Å². The summed E-state index contributed by atoms with van der Waals surface area (Å²) < 4.78 is 5.35. The molecule has 2 heterocycles. The summed E-state index contributed by atoms with van der Waals surface area (Å²) in [7, 11) is 0. The minimum absolute atomic E-state index is 0.131. The molecule has 1 aliphatic carbocycles. The first-order chi connectivity index (χ1) is 11.5. The van der Waals surface area contributed by atoms with E-state index in [1.54, 1.807) is 11.8 Å². The molecule has 24 heavy (non-hydrogen) atoms. The molecule has 1 aliphatic heterocycles. The number of hydrogen-bond acceptors (Lipinski definition) is 5. The second-order valence-electron chi connectivity index (χ2n) is 7.23. The number of nitrogens with zero attached hydrogens (tertiary/aromatic N) is 3. The van der Waals surface area contributed by atoms with Gasteiger partial charge in [0, 0.05) is 24.9 Å². The van der Waals surface area contributed by atoms with Crippen molar-refractivity contribution in [3.05, 3.63) is 11.7 Å². The molecule has 3 atom stereocenters. The molecule has 134 valence electrons. The number of carbonyl (C=O) groups excluding carboxylic acids is 1. The highest BCUT2D eigenvalue weighted by Crippen LogP contribution is 2.32. The van der Waals surface area contributed by atoms with Gasteiger partial charge in [-0.1, -0.05) is 18.0 Å². The first-order valence-electron chi connectivity index (χ1n) is 9.11. The van der Waals surface area contributed by atoms with Crippen LogP contribution in [-0.2, 0) is 0 Å². The fourth-order valence-corrected chi connectivity index (χ4v) is 3.70. The molecule has 2 fully saturated rings. The fraction of sp³-hybridized carbons (Fsp3) is 0.824. The van der Waals surface area contributed by atoms with Crippen LogP contribution in [0.2, 0.25) is 0 Å². The van der Waals surface area contributed by atoms with E-state index in [0.29, 0.717) is 18.4 Å². The summed E-state index contributed by atoms with van der Waals surface area (Å²) in [6.45, 7) is 4.96. The van der Waals surface area contributed by atoms with Crippen molar-refractivity contribution < 1.29 is 14.4 Å². The Hall–Kier alpha value is -1.63. The van der Waals surface area contributed by atoms with Crippen LogP contribution < -0.4 is 5.32 Å². The maximum atomic E-state index is 12.5. The second kappa shape index (κ2) is 7.51. The zero-order valence-electron chi connectivity index (χ0n) is 14.6. The Kier molecular flexibility index (Phi) is 5.38. The van der Waals surface area contributed by atoms with Gasteiger partial charge in [-0.3, -0.25) is 0 Å². The monoisotopic (exact) mass is 336 g/mol. The quantitative estimate of drug-likeness (QED) is 0.882. The van der Waals surface area contributed by atoms with E-state index in [1.807, 2.05) is 6.92 Å². The first-order valence-corrected chi connectivity index (χ1v) is 9.11. The number of rotatable bonds is 4. The topological polar surface area (TPSA) is 91.5 Å². The molecule has 1 saturated heterocycles. The summed E-state index contributed by atoms with van der Waals surface area (Å²) in [5.74, 6) is 1.79. The van der Waals surface area contributed by atoms with Gasteiger partial charge >= 0.3 is 6.03 Å². The van der Waals surface area contributed by atoms with Crippen molar-refractivity contribution >= 4 is 6.03 Å². The predicted molar refractivity (Wildman–Crippen MR) is 88.4 cm³/mol. The van der Waals surface area contributed by atoms with Crippen molar-refractivity contribution in [2.75, 3.05) is 13.1 Å². The number of carbonyl (C=O) groups is 1. The summed E-state index contributed by atoms with van der Waals surface area (Å²) in [5.41, 5.74) is 0. The average molecular weight is 336 g/mol. The molecule has 3 unspecified atom stereocenters. The molecular formula is C17H28N4O3. The van der Waals surface area contributed by atoms with Crippen LogP contribution in [0.3, 0.4) is 0 Å². The Balaban J connectivity index is 1.55. The highest BCUT2D eigenvalue weighted by molar-refractivity contribution is 5.74. The summed E-state index contributed by atoms with van der Waals surface area (Å²) >= 11 is 0. The zero-order chi connectivity index (χ0) is 17.1. The number of piperidine rings is 1. The normalized spacial score (nSPS) is 24.8. The summed E-state index contributed by atoms with van der Waals surface area (Å²) in [5, 5.41) is 16.8.